The van der Waals surface area contributed by atoms with Crippen LogP contribution in [0, 0.1) is 0 Å². The maximum atomic E-state index is 13.0. The lowest BCUT2D eigenvalue weighted by Crippen LogP contribution is -2.07. The molecule has 0 fully saturated rings. The molecule has 10 heteroatoms. The SMILES string of the molecule is FC(F)(F)c1cc(Br)ccc1SSc1ccc(Br)cc1C(F)(F)F. The van der Waals surface area contributed by atoms with Gasteiger partial charge in [0.25, 0.3) is 0 Å². The van der Waals surface area contributed by atoms with Crippen LogP contribution >= 0.6 is 53.4 Å². The molecule has 130 valence electrons. The molecule has 2 aromatic rings. The summed E-state index contributed by atoms with van der Waals surface area (Å²) in [5.41, 5.74) is -1.81. The van der Waals surface area contributed by atoms with E-state index in [0.717, 1.165) is 12.1 Å². The van der Waals surface area contributed by atoms with Crippen LogP contribution in [0.2, 0.25) is 0 Å². The molecule has 24 heavy (non-hydrogen) atoms. The molecule has 0 nitrogen and oxygen atoms in total. The standard InChI is InChI=1S/C14H6Br2F6S2/c15-7-1-3-11(9(5-7)13(17,18)19)23-24-12-4-2-8(16)6-10(12)14(20,21)22/h1-6H. The third kappa shape index (κ3) is 5.09. The van der Waals surface area contributed by atoms with E-state index < -0.39 is 23.5 Å². The highest BCUT2D eigenvalue weighted by Gasteiger charge is 2.36. The molecule has 0 heterocycles. The predicted octanol–water partition coefficient (Wildman–Crippen LogP) is 8.05. The molecule has 2 aromatic carbocycles. The summed E-state index contributed by atoms with van der Waals surface area (Å²) in [5.74, 6) is 0. The fourth-order valence-electron chi connectivity index (χ4n) is 1.68. The molecule has 0 unspecified atom stereocenters. The minimum atomic E-state index is -4.60. The van der Waals surface area contributed by atoms with Gasteiger partial charge in [-0.05, 0) is 36.4 Å². The van der Waals surface area contributed by atoms with Crippen molar-refractivity contribution in [3.63, 3.8) is 0 Å². The van der Waals surface area contributed by atoms with Crippen molar-refractivity contribution in [1.29, 1.82) is 0 Å². The fourth-order valence-corrected chi connectivity index (χ4v) is 4.77. The third-order valence-electron chi connectivity index (χ3n) is 2.72. The van der Waals surface area contributed by atoms with Crippen molar-refractivity contribution in [2.45, 2.75) is 22.1 Å². The maximum absolute atomic E-state index is 13.0. The Labute approximate surface area is 158 Å². The highest BCUT2D eigenvalue weighted by atomic mass is 79.9. The summed E-state index contributed by atoms with van der Waals surface area (Å²) in [5, 5.41) is 0. The molecule has 0 bridgehead atoms. The van der Waals surface area contributed by atoms with Crippen molar-refractivity contribution < 1.29 is 26.3 Å². The summed E-state index contributed by atoms with van der Waals surface area (Å²) in [4.78, 5) is -0.321. The van der Waals surface area contributed by atoms with Crippen molar-refractivity contribution in [3.05, 3.63) is 56.5 Å². The van der Waals surface area contributed by atoms with Crippen LogP contribution in [-0.4, -0.2) is 0 Å². The Kier molecular flexibility index (Phi) is 6.26. The zero-order chi connectivity index (χ0) is 18.1. The number of alkyl halides is 6. The molecule has 0 radical (unpaired) electrons. The average molecular weight is 512 g/mol. The zero-order valence-electron chi connectivity index (χ0n) is 11.3. The van der Waals surface area contributed by atoms with E-state index in [0.29, 0.717) is 21.6 Å². The second kappa shape index (κ2) is 7.51. The molecule has 0 N–H and O–H groups in total. The van der Waals surface area contributed by atoms with Gasteiger partial charge in [-0.1, -0.05) is 53.4 Å². The summed E-state index contributed by atoms with van der Waals surface area (Å²) in [6.45, 7) is 0. The first-order valence-corrected chi connectivity index (χ1v) is 9.80. The van der Waals surface area contributed by atoms with Gasteiger partial charge >= 0.3 is 12.4 Å². The van der Waals surface area contributed by atoms with Gasteiger partial charge in [0.05, 0.1) is 11.1 Å². The molecule has 0 aliphatic carbocycles. The molecule has 0 aliphatic heterocycles. The topological polar surface area (TPSA) is 0 Å². The number of hydrogen-bond acceptors (Lipinski definition) is 2. The summed E-state index contributed by atoms with van der Waals surface area (Å²) >= 11 is 5.92. The Balaban J connectivity index is 2.33. The molecule has 0 amide bonds. The second-order valence-corrected chi connectivity index (χ2v) is 8.49. The van der Waals surface area contributed by atoms with Crippen LogP contribution < -0.4 is 0 Å². The van der Waals surface area contributed by atoms with E-state index in [4.69, 9.17) is 0 Å². The van der Waals surface area contributed by atoms with Crippen LogP contribution in [0.4, 0.5) is 26.3 Å². The molecular weight excluding hydrogens is 506 g/mol. The Hall–Kier alpha value is -0.320. The number of hydrogen-bond donors (Lipinski definition) is 0. The van der Waals surface area contributed by atoms with Crippen LogP contribution in [0.15, 0.2) is 55.1 Å². The van der Waals surface area contributed by atoms with Gasteiger partial charge in [0.15, 0.2) is 0 Å². The minimum Gasteiger partial charge on any atom is -0.166 e. The van der Waals surface area contributed by atoms with Crippen molar-refractivity contribution in [3.8, 4) is 0 Å². The Morgan fingerprint density at radius 3 is 1.25 bits per heavy atom. The van der Waals surface area contributed by atoms with E-state index in [1.807, 2.05) is 0 Å². The molecule has 0 saturated heterocycles. The van der Waals surface area contributed by atoms with Crippen molar-refractivity contribution in [2.24, 2.45) is 0 Å². The highest BCUT2D eigenvalue weighted by Crippen LogP contribution is 2.48. The summed E-state index contributed by atoms with van der Waals surface area (Å²) < 4.78 is 78.8. The van der Waals surface area contributed by atoms with Crippen molar-refractivity contribution >= 4 is 53.4 Å². The molecule has 0 saturated carbocycles. The number of halogens is 8. The van der Waals surface area contributed by atoms with Crippen LogP contribution in [0.5, 0.6) is 0 Å². The largest absolute Gasteiger partial charge is 0.417 e. The monoisotopic (exact) mass is 510 g/mol. The second-order valence-electron chi connectivity index (χ2n) is 4.44. The normalized spacial score (nSPS) is 12.5. The Bertz CT molecular complexity index is 680. The van der Waals surface area contributed by atoms with Crippen molar-refractivity contribution in [1.82, 2.24) is 0 Å². The Morgan fingerprint density at radius 2 is 0.958 bits per heavy atom. The van der Waals surface area contributed by atoms with Gasteiger partial charge in [0.1, 0.15) is 0 Å². The summed E-state index contributed by atoms with van der Waals surface area (Å²) in [6.07, 6.45) is -9.20. The van der Waals surface area contributed by atoms with E-state index in [2.05, 4.69) is 31.9 Å². The third-order valence-corrected chi connectivity index (χ3v) is 6.18. The van der Waals surface area contributed by atoms with Gasteiger partial charge in [-0.2, -0.15) is 26.3 Å². The van der Waals surface area contributed by atoms with Crippen LogP contribution in [0.1, 0.15) is 11.1 Å². The van der Waals surface area contributed by atoms with Crippen LogP contribution in [-0.2, 0) is 12.4 Å². The van der Waals surface area contributed by atoms with Gasteiger partial charge < -0.3 is 0 Å². The minimum absolute atomic E-state index is 0.160. The highest BCUT2D eigenvalue weighted by molar-refractivity contribution is 9.10. The first kappa shape index (κ1) is 20.0. The van der Waals surface area contributed by atoms with E-state index in [-0.39, 0.29) is 18.7 Å². The smallest absolute Gasteiger partial charge is 0.166 e. The predicted molar refractivity (Wildman–Crippen MR) is 90.0 cm³/mol. The first-order valence-electron chi connectivity index (χ1n) is 6.06. The van der Waals surface area contributed by atoms with Gasteiger partial charge in [0.2, 0.25) is 0 Å². The van der Waals surface area contributed by atoms with Crippen LogP contribution in [0.25, 0.3) is 0 Å². The molecule has 0 aliphatic rings. The lowest BCUT2D eigenvalue weighted by Gasteiger charge is -2.15. The molecule has 0 atom stereocenters. The average Bonchev–Trinajstić information content (AvgIpc) is 2.45. The van der Waals surface area contributed by atoms with E-state index in [9.17, 15) is 26.3 Å². The van der Waals surface area contributed by atoms with Gasteiger partial charge in [0, 0.05) is 18.7 Å². The fraction of sp³-hybridized carbons (Fsp3) is 0.143. The zero-order valence-corrected chi connectivity index (χ0v) is 16.1. The van der Waals surface area contributed by atoms with E-state index in [1.54, 1.807) is 0 Å². The van der Waals surface area contributed by atoms with Crippen molar-refractivity contribution in [2.75, 3.05) is 0 Å². The molecular formula is C14H6Br2F6S2. The molecule has 0 aromatic heterocycles. The summed E-state index contributed by atoms with van der Waals surface area (Å²) in [6, 6.07) is 7.05. The summed E-state index contributed by atoms with van der Waals surface area (Å²) in [7, 11) is 1.26. The number of benzene rings is 2. The quantitative estimate of drug-likeness (QED) is 0.302. The van der Waals surface area contributed by atoms with E-state index in [1.165, 1.54) is 24.3 Å². The number of rotatable bonds is 3. The first-order chi connectivity index (χ1) is 11.0. The maximum Gasteiger partial charge on any atom is 0.417 e. The van der Waals surface area contributed by atoms with Gasteiger partial charge in [-0.25, -0.2) is 0 Å². The van der Waals surface area contributed by atoms with E-state index >= 15 is 0 Å². The van der Waals surface area contributed by atoms with Gasteiger partial charge in [-0.15, -0.1) is 0 Å². The molecule has 2 rings (SSSR count). The lowest BCUT2D eigenvalue weighted by molar-refractivity contribution is -0.140. The Morgan fingerprint density at radius 1 is 0.625 bits per heavy atom. The molecule has 0 spiro atoms. The van der Waals surface area contributed by atoms with Crippen LogP contribution in [0.3, 0.4) is 0 Å². The lowest BCUT2D eigenvalue weighted by atomic mass is 10.2. The van der Waals surface area contributed by atoms with Gasteiger partial charge in [-0.3, -0.25) is 0 Å².